The number of piperazine rings is 1. The highest BCUT2D eigenvalue weighted by molar-refractivity contribution is 5.81. The molecule has 1 aromatic heterocycles. The Labute approximate surface area is 137 Å². The lowest BCUT2D eigenvalue weighted by Gasteiger charge is -2.37. The molecule has 2 unspecified atom stereocenters. The van der Waals surface area contributed by atoms with E-state index in [0.717, 1.165) is 44.8 Å². The zero-order valence-electron chi connectivity index (χ0n) is 14.2. The van der Waals surface area contributed by atoms with Gasteiger partial charge in [-0.05, 0) is 19.8 Å². The third-order valence-corrected chi connectivity index (χ3v) is 4.71. The van der Waals surface area contributed by atoms with Crippen molar-refractivity contribution in [2.24, 2.45) is 0 Å². The SMILES string of the molecule is CC(C)c1noc(C(C)N2CCN(C(=O)C3CCCO3)CC2)n1. The molecular weight excluding hydrogens is 296 g/mol. The summed E-state index contributed by atoms with van der Waals surface area (Å²) in [6, 6.07) is 0.0787. The summed E-state index contributed by atoms with van der Waals surface area (Å²) in [5, 5.41) is 4.03. The summed E-state index contributed by atoms with van der Waals surface area (Å²) < 4.78 is 10.9. The zero-order valence-corrected chi connectivity index (χ0v) is 14.2. The van der Waals surface area contributed by atoms with Crippen LogP contribution in [0.4, 0.5) is 0 Å². The molecule has 7 heteroatoms. The van der Waals surface area contributed by atoms with Gasteiger partial charge >= 0.3 is 0 Å². The van der Waals surface area contributed by atoms with Crippen molar-refractivity contribution in [1.29, 1.82) is 0 Å². The highest BCUT2D eigenvalue weighted by atomic mass is 16.5. The van der Waals surface area contributed by atoms with E-state index in [-0.39, 0.29) is 24.0 Å². The Morgan fingerprint density at radius 3 is 2.52 bits per heavy atom. The Morgan fingerprint density at radius 2 is 1.96 bits per heavy atom. The predicted molar refractivity (Wildman–Crippen MR) is 83.9 cm³/mol. The molecule has 0 N–H and O–H groups in total. The summed E-state index contributed by atoms with van der Waals surface area (Å²) >= 11 is 0. The topological polar surface area (TPSA) is 71.7 Å². The van der Waals surface area contributed by atoms with Crippen molar-refractivity contribution >= 4 is 5.91 Å². The van der Waals surface area contributed by atoms with Gasteiger partial charge in [0.05, 0.1) is 6.04 Å². The van der Waals surface area contributed by atoms with E-state index in [1.807, 2.05) is 4.90 Å². The smallest absolute Gasteiger partial charge is 0.251 e. The highest BCUT2D eigenvalue weighted by Gasteiger charge is 2.32. The number of carbonyl (C=O) groups is 1. The lowest BCUT2D eigenvalue weighted by molar-refractivity contribution is -0.143. The van der Waals surface area contributed by atoms with Gasteiger partial charge in [0, 0.05) is 38.7 Å². The van der Waals surface area contributed by atoms with Gasteiger partial charge < -0.3 is 14.2 Å². The fourth-order valence-corrected chi connectivity index (χ4v) is 3.11. The minimum atomic E-state index is -0.219. The van der Waals surface area contributed by atoms with Crippen molar-refractivity contribution in [2.75, 3.05) is 32.8 Å². The van der Waals surface area contributed by atoms with Gasteiger partial charge in [0.1, 0.15) is 6.10 Å². The molecule has 1 amide bonds. The number of hydrogen-bond acceptors (Lipinski definition) is 6. The number of aromatic nitrogens is 2. The molecule has 0 aliphatic carbocycles. The summed E-state index contributed by atoms with van der Waals surface area (Å²) in [5.74, 6) is 1.82. The molecule has 3 heterocycles. The molecule has 2 atom stereocenters. The van der Waals surface area contributed by atoms with E-state index in [2.05, 4.69) is 35.8 Å². The van der Waals surface area contributed by atoms with Crippen LogP contribution in [0, 0.1) is 0 Å². The normalized spacial score (nSPS) is 24.3. The van der Waals surface area contributed by atoms with Crippen LogP contribution < -0.4 is 0 Å². The van der Waals surface area contributed by atoms with Crippen LogP contribution in [0.2, 0.25) is 0 Å². The van der Waals surface area contributed by atoms with E-state index < -0.39 is 0 Å². The Balaban J connectivity index is 1.54. The summed E-state index contributed by atoms with van der Waals surface area (Å²) in [7, 11) is 0. The maximum atomic E-state index is 12.4. The monoisotopic (exact) mass is 322 g/mol. The van der Waals surface area contributed by atoms with Crippen LogP contribution in [-0.2, 0) is 9.53 Å². The van der Waals surface area contributed by atoms with Crippen LogP contribution in [0.15, 0.2) is 4.52 Å². The maximum Gasteiger partial charge on any atom is 0.251 e. The first kappa shape index (κ1) is 16.4. The van der Waals surface area contributed by atoms with Gasteiger partial charge in [0.2, 0.25) is 5.89 Å². The van der Waals surface area contributed by atoms with Crippen molar-refractivity contribution in [1.82, 2.24) is 19.9 Å². The number of rotatable bonds is 4. The molecule has 0 radical (unpaired) electrons. The van der Waals surface area contributed by atoms with Gasteiger partial charge in [-0.3, -0.25) is 9.69 Å². The van der Waals surface area contributed by atoms with E-state index in [1.54, 1.807) is 0 Å². The molecule has 2 fully saturated rings. The third-order valence-electron chi connectivity index (χ3n) is 4.71. The van der Waals surface area contributed by atoms with Crippen LogP contribution in [0.25, 0.3) is 0 Å². The Morgan fingerprint density at radius 1 is 1.22 bits per heavy atom. The standard InChI is InChI=1S/C16H26N4O3/c1-11(2)14-17-15(23-18-14)12(3)19-6-8-20(9-7-19)16(21)13-5-4-10-22-13/h11-13H,4-10H2,1-3H3. The van der Waals surface area contributed by atoms with Crippen LogP contribution in [0.5, 0.6) is 0 Å². The van der Waals surface area contributed by atoms with Gasteiger partial charge in [0.25, 0.3) is 5.91 Å². The maximum absolute atomic E-state index is 12.4. The quantitative estimate of drug-likeness (QED) is 0.838. The summed E-state index contributed by atoms with van der Waals surface area (Å²) in [5.41, 5.74) is 0. The molecule has 128 valence electrons. The number of ether oxygens (including phenoxy) is 1. The molecule has 7 nitrogen and oxygen atoms in total. The fraction of sp³-hybridized carbons (Fsp3) is 0.812. The van der Waals surface area contributed by atoms with E-state index in [9.17, 15) is 4.79 Å². The molecule has 2 aliphatic rings. The largest absolute Gasteiger partial charge is 0.368 e. The summed E-state index contributed by atoms with van der Waals surface area (Å²) in [6.07, 6.45) is 1.63. The summed E-state index contributed by atoms with van der Waals surface area (Å²) in [4.78, 5) is 21.1. The van der Waals surface area contributed by atoms with Gasteiger partial charge in [-0.15, -0.1) is 0 Å². The molecule has 0 aromatic carbocycles. The number of nitrogens with zero attached hydrogens (tertiary/aromatic N) is 4. The number of hydrogen-bond donors (Lipinski definition) is 0. The molecule has 23 heavy (non-hydrogen) atoms. The molecule has 2 saturated heterocycles. The predicted octanol–water partition coefficient (Wildman–Crippen LogP) is 1.58. The zero-order chi connectivity index (χ0) is 16.4. The van der Waals surface area contributed by atoms with Crippen molar-refractivity contribution < 1.29 is 14.1 Å². The first-order valence-corrected chi connectivity index (χ1v) is 8.54. The van der Waals surface area contributed by atoms with Crippen molar-refractivity contribution in [3.8, 4) is 0 Å². The minimum Gasteiger partial charge on any atom is -0.368 e. The molecule has 0 bridgehead atoms. The first-order chi connectivity index (χ1) is 11.1. The molecule has 2 aliphatic heterocycles. The number of amides is 1. The molecular formula is C16H26N4O3. The van der Waals surface area contributed by atoms with Gasteiger partial charge in [-0.1, -0.05) is 19.0 Å². The lowest BCUT2D eigenvalue weighted by atomic mass is 10.1. The van der Waals surface area contributed by atoms with E-state index >= 15 is 0 Å². The van der Waals surface area contributed by atoms with Gasteiger partial charge in [-0.25, -0.2) is 0 Å². The van der Waals surface area contributed by atoms with Gasteiger partial charge in [-0.2, -0.15) is 4.98 Å². The van der Waals surface area contributed by atoms with Crippen molar-refractivity contribution in [2.45, 2.75) is 51.7 Å². The lowest BCUT2D eigenvalue weighted by Crippen LogP contribution is -2.51. The second-order valence-electron chi connectivity index (χ2n) is 6.68. The second-order valence-corrected chi connectivity index (χ2v) is 6.68. The van der Waals surface area contributed by atoms with Crippen LogP contribution in [-0.4, -0.2) is 64.7 Å². The highest BCUT2D eigenvalue weighted by Crippen LogP contribution is 2.23. The van der Waals surface area contributed by atoms with E-state index in [4.69, 9.17) is 9.26 Å². The summed E-state index contributed by atoms with van der Waals surface area (Å²) in [6.45, 7) is 9.99. The van der Waals surface area contributed by atoms with Crippen molar-refractivity contribution in [3.05, 3.63) is 11.7 Å². The van der Waals surface area contributed by atoms with Crippen LogP contribution in [0.3, 0.4) is 0 Å². The minimum absolute atomic E-state index is 0.0787. The molecule has 1 aromatic rings. The first-order valence-electron chi connectivity index (χ1n) is 8.54. The molecule has 0 saturated carbocycles. The molecule has 3 rings (SSSR count). The van der Waals surface area contributed by atoms with Crippen LogP contribution in [0.1, 0.15) is 57.3 Å². The Bertz CT molecular complexity index is 531. The molecule has 0 spiro atoms. The van der Waals surface area contributed by atoms with E-state index in [0.29, 0.717) is 12.5 Å². The average molecular weight is 322 g/mol. The number of carbonyl (C=O) groups excluding carboxylic acids is 1. The van der Waals surface area contributed by atoms with Gasteiger partial charge in [0.15, 0.2) is 5.82 Å². The third kappa shape index (κ3) is 3.55. The fourth-order valence-electron chi connectivity index (χ4n) is 3.11. The van der Waals surface area contributed by atoms with Crippen LogP contribution >= 0.6 is 0 Å². The average Bonchev–Trinajstić information content (AvgIpc) is 3.25. The Kier molecular flexibility index (Phi) is 4.96. The van der Waals surface area contributed by atoms with Crippen molar-refractivity contribution in [3.63, 3.8) is 0 Å². The Hall–Kier alpha value is -1.47. The van der Waals surface area contributed by atoms with E-state index in [1.165, 1.54) is 0 Å². The second kappa shape index (κ2) is 6.97.